The van der Waals surface area contributed by atoms with Gasteiger partial charge in [0.1, 0.15) is 0 Å². The third-order valence-corrected chi connectivity index (χ3v) is 8.94. The number of nitrogens with one attached hydrogen (secondary N) is 2. The molecule has 239 valence electrons. The molecule has 5 N–H and O–H groups in total. The number of hydrogen-bond donors (Lipinski definition) is 5. The van der Waals surface area contributed by atoms with Crippen LogP contribution >= 0.6 is 0 Å². The van der Waals surface area contributed by atoms with Crippen molar-refractivity contribution in [3.8, 4) is 0 Å². The van der Waals surface area contributed by atoms with Crippen LogP contribution in [0.3, 0.4) is 0 Å². The van der Waals surface area contributed by atoms with Gasteiger partial charge in [-0.15, -0.1) is 0 Å². The molecule has 0 aliphatic carbocycles. The van der Waals surface area contributed by atoms with Crippen molar-refractivity contribution in [2.75, 3.05) is 0 Å². The third kappa shape index (κ3) is 5.98. The molecule has 8 bridgehead atoms. The summed E-state index contributed by atoms with van der Waals surface area (Å²) in [5.41, 5.74) is 9.23. The molecule has 0 saturated heterocycles. The van der Waals surface area contributed by atoms with Crippen molar-refractivity contribution < 1.29 is 46.8 Å². The van der Waals surface area contributed by atoms with Gasteiger partial charge in [0.15, 0.2) is 0 Å². The Morgan fingerprint density at radius 1 is 0.911 bits per heavy atom. The molecule has 45 heavy (non-hydrogen) atoms. The van der Waals surface area contributed by atoms with E-state index in [1.807, 2.05) is 45.9 Å². The minimum Gasteiger partial charge on any atom is -0.481 e. The number of aromatic nitrogens is 4. The number of fused-ring (bicyclic) bond motifs is 8. The van der Waals surface area contributed by atoms with E-state index in [0.29, 0.717) is 29.1 Å². The Morgan fingerprint density at radius 3 is 2.18 bits per heavy atom. The minimum atomic E-state index is -1.23. The molecule has 0 aromatic carbocycles. The Morgan fingerprint density at radius 2 is 1.58 bits per heavy atom. The first-order valence-electron chi connectivity index (χ1n) is 14.6. The van der Waals surface area contributed by atoms with E-state index >= 15 is 0 Å². The number of carboxylic acid groups (broad SMARTS) is 3. The molecule has 10 nitrogen and oxygen atoms in total. The number of carboxylic acids is 3. The molecule has 3 aromatic heterocycles. The maximum atomic E-state index is 12.7. The summed E-state index contributed by atoms with van der Waals surface area (Å²) in [7, 11) is 0. The predicted octanol–water partition coefficient (Wildman–Crippen LogP) is 6.53. The van der Waals surface area contributed by atoms with Crippen molar-refractivity contribution in [3.63, 3.8) is 0 Å². The molecule has 0 amide bonds. The molecular weight excluding hydrogens is 624 g/mol. The van der Waals surface area contributed by atoms with E-state index in [0.717, 1.165) is 44.3 Å². The van der Waals surface area contributed by atoms with Crippen LogP contribution < -0.4 is 0 Å². The van der Waals surface area contributed by atoms with Gasteiger partial charge in [-0.25, -0.2) is 9.78 Å². The average molecular weight is 660 g/mol. The zero-order valence-corrected chi connectivity index (χ0v) is 26.7. The number of nitrogens with zero attached hydrogens (tertiary/aromatic N) is 2. The molecule has 0 unspecified atom stereocenters. The van der Waals surface area contributed by atoms with Gasteiger partial charge in [0.05, 0.1) is 29.1 Å². The van der Waals surface area contributed by atoms with Gasteiger partial charge in [-0.05, 0) is 74.1 Å². The van der Waals surface area contributed by atoms with Gasteiger partial charge in [0.25, 0.3) is 0 Å². The molecule has 2 aliphatic rings. The van der Waals surface area contributed by atoms with Gasteiger partial charge in [0, 0.05) is 74.2 Å². The number of hydrogen-bond acceptors (Lipinski definition) is 5. The van der Waals surface area contributed by atoms with Crippen molar-refractivity contribution in [3.05, 3.63) is 75.4 Å². The summed E-state index contributed by atoms with van der Waals surface area (Å²) < 4.78 is 0. The molecule has 3 aromatic rings. The second kappa shape index (κ2) is 12.9. The van der Waals surface area contributed by atoms with Crippen LogP contribution in [0.5, 0.6) is 0 Å². The van der Waals surface area contributed by atoms with Crippen molar-refractivity contribution in [2.45, 2.75) is 72.1 Å². The van der Waals surface area contributed by atoms with Crippen molar-refractivity contribution in [1.82, 2.24) is 19.9 Å². The summed E-state index contributed by atoms with van der Waals surface area (Å²) in [5, 5.41) is 29.9. The van der Waals surface area contributed by atoms with Crippen LogP contribution in [0, 0.1) is 13.8 Å². The topological polar surface area (TPSA) is 169 Å². The fourth-order valence-electron chi connectivity index (χ4n) is 6.53. The molecule has 5 rings (SSSR count). The summed E-state index contributed by atoms with van der Waals surface area (Å²) >= 11 is 0. The Hall–Kier alpha value is -4.47. The van der Waals surface area contributed by atoms with Crippen LogP contribution in [0.4, 0.5) is 0 Å². The first-order chi connectivity index (χ1) is 20.9. The number of H-pyrrole nitrogens is 2. The molecular formula is C34H36CuN4O6. The Bertz CT molecular complexity index is 1950. The number of aromatic amines is 2. The summed E-state index contributed by atoms with van der Waals surface area (Å²) in [5.74, 6) is -4.13. The number of allylic oxidation sites excluding steroid dienone is 1. The van der Waals surface area contributed by atoms with Crippen molar-refractivity contribution >= 4 is 57.2 Å². The molecule has 0 spiro atoms. The summed E-state index contributed by atoms with van der Waals surface area (Å²) in [4.78, 5) is 53.2. The van der Waals surface area contributed by atoms with E-state index in [1.165, 1.54) is 0 Å². The standard InChI is InChI=1S/C34H36N4O6.Cu/c1-7-19-15(3)23-12-25-17(5)21(9-10-29(39)40)32(37-25)22(11-30(41)42)33-31(34(43)44)18(6)26(38-33)14-28-20(8-2)16(4)24(36-28)13-27(19)35-23;/h7,12-14,17,21,35-36H,1,8-11H2,2-6H3,(H,39,40)(H,41,42)(H,43,44);/t17-,21-;/m0./s1. The number of rotatable bonds is 8. The average Bonchev–Trinajstić information content (AvgIpc) is 3.63. The van der Waals surface area contributed by atoms with E-state index in [1.54, 1.807) is 13.0 Å². The first kappa shape index (κ1) is 33.4. The van der Waals surface area contributed by atoms with Crippen LogP contribution in [0.25, 0.3) is 39.3 Å². The number of aryl methyl sites for hydroxylation is 3. The maximum Gasteiger partial charge on any atom is 0.338 e. The van der Waals surface area contributed by atoms with Crippen LogP contribution in [0.2, 0.25) is 0 Å². The summed E-state index contributed by atoms with van der Waals surface area (Å²) in [6.45, 7) is 13.7. The normalized spacial score (nSPS) is 15.9. The summed E-state index contributed by atoms with van der Waals surface area (Å²) in [6, 6.07) is 5.75. The van der Waals surface area contributed by atoms with Gasteiger partial charge in [-0.3, -0.25) is 14.6 Å². The fraction of sp³-hybridized carbons (Fsp3) is 0.324. The SMILES string of the molecule is C=Cc1c(C)c2cc3nc(c(CC(=O)O)c4nc(cc5[nH]c(cc1[nH]2)c(C)c5CC)C(C)=C4C(=O)O)[C@@H](CCC(=O)O)[C@@H]3C.[Cu]. The molecule has 5 heterocycles. The van der Waals surface area contributed by atoms with Crippen LogP contribution in [-0.4, -0.2) is 53.2 Å². The van der Waals surface area contributed by atoms with Gasteiger partial charge < -0.3 is 25.3 Å². The quantitative estimate of drug-likeness (QED) is 0.170. The van der Waals surface area contributed by atoms with Crippen molar-refractivity contribution in [1.29, 1.82) is 0 Å². The van der Waals surface area contributed by atoms with E-state index in [-0.39, 0.29) is 52.7 Å². The molecule has 1 radical (unpaired) electrons. The van der Waals surface area contributed by atoms with Crippen LogP contribution in [0.1, 0.15) is 96.0 Å². The van der Waals surface area contributed by atoms with Crippen LogP contribution in [0.15, 0.2) is 24.8 Å². The van der Waals surface area contributed by atoms with Crippen molar-refractivity contribution in [2.24, 2.45) is 0 Å². The smallest absolute Gasteiger partial charge is 0.338 e. The number of carbonyl (C=O) groups is 3. The first-order valence-corrected chi connectivity index (χ1v) is 14.6. The van der Waals surface area contributed by atoms with E-state index in [4.69, 9.17) is 9.97 Å². The molecule has 11 heteroatoms. The zero-order valence-electron chi connectivity index (χ0n) is 25.8. The molecule has 0 fully saturated rings. The largest absolute Gasteiger partial charge is 0.481 e. The van der Waals surface area contributed by atoms with Gasteiger partial charge in [0.2, 0.25) is 0 Å². The zero-order chi connectivity index (χ0) is 32.0. The Balaban J connectivity index is 0.00000461. The Kier molecular flexibility index (Phi) is 9.56. The number of aliphatic carboxylic acids is 3. The minimum absolute atomic E-state index is 0. The predicted molar refractivity (Wildman–Crippen MR) is 169 cm³/mol. The molecule has 2 atom stereocenters. The van der Waals surface area contributed by atoms with E-state index in [2.05, 4.69) is 16.5 Å². The second-order valence-corrected chi connectivity index (χ2v) is 11.5. The van der Waals surface area contributed by atoms with Gasteiger partial charge in [-0.2, -0.15) is 0 Å². The summed E-state index contributed by atoms with van der Waals surface area (Å²) in [6.07, 6.45) is 2.03. The maximum absolute atomic E-state index is 12.7. The monoisotopic (exact) mass is 659 g/mol. The van der Waals surface area contributed by atoms with Crippen LogP contribution in [-0.2, 0) is 44.3 Å². The Labute approximate surface area is 270 Å². The van der Waals surface area contributed by atoms with Gasteiger partial charge in [-0.1, -0.05) is 26.5 Å². The third-order valence-electron chi connectivity index (χ3n) is 8.94. The molecule has 0 saturated carbocycles. The van der Waals surface area contributed by atoms with E-state index < -0.39 is 30.2 Å². The van der Waals surface area contributed by atoms with E-state index in [9.17, 15) is 29.7 Å². The fourth-order valence-corrected chi connectivity index (χ4v) is 6.53. The molecule has 2 aliphatic heterocycles. The van der Waals surface area contributed by atoms with Gasteiger partial charge >= 0.3 is 17.9 Å². The second-order valence-electron chi connectivity index (χ2n) is 11.5.